The van der Waals surface area contributed by atoms with Gasteiger partial charge in [-0.05, 0) is 31.0 Å². The Hall–Kier alpha value is -1.46. The number of ether oxygens (including phenoxy) is 2. The van der Waals surface area contributed by atoms with Gasteiger partial charge in [-0.2, -0.15) is 0 Å². The maximum absolute atomic E-state index is 13.6. The molecule has 1 aliphatic rings. The smallest absolute Gasteiger partial charge is 0.251 e. The van der Waals surface area contributed by atoms with Gasteiger partial charge in [-0.3, -0.25) is 4.79 Å². The van der Waals surface area contributed by atoms with Gasteiger partial charge in [-0.25, -0.2) is 4.39 Å². The maximum atomic E-state index is 13.6. The molecule has 0 atom stereocenters. The zero-order valence-electron chi connectivity index (χ0n) is 11.9. The summed E-state index contributed by atoms with van der Waals surface area (Å²) in [4.78, 5) is 11.9. The van der Waals surface area contributed by atoms with E-state index >= 15 is 0 Å². The lowest BCUT2D eigenvalue weighted by Gasteiger charge is -2.22. The minimum absolute atomic E-state index is 0.284. The number of halogens is 1. The van der Waals surface area contributed by atoms with Gasteiger partial charge in [0.25, 0.3) is 5.91 Å². The number of rotatable bonds is 5. The molecular formula is C15H20FNO3. The predicted molar refractivity (Wildman–Crippen MR) is 73.0 cm³/mol. The van der Waals surface area contributed by atoms with Crippen LogP contribution in [0.25, 0.3) is 0 Å². The van der Waals surface area contributed by atoms with Crippen molar-refractivity contribution in [3.8, 4) is 0 Å². The molecule has 0 aromatic heterocycles. The third-order valence-electron chi connectivity index (χ3n) is 3.46. The van der Waals surface area contributed by atoms with E-state index in [1.54, 1.807) is 12.1 Å². The van der Waals surface area contributed by atoms with Crippen LogP contribution in [0.2, 0.25) is 0 Å². The summed E-state index contributed by atoms with van der Waals surface area (Å²) in [5.74, 6) is -1.24. The van der Waals surface area contributed by atoms with Gasteiger partial charge in [-0.15, -0.1) is 0 Å². The van der Waals surface area contributed by atoms with Crippen LogP contribution in [-0.2, 0) is 15.9 Å². The summed E-state index contributed by atoms with van der Waals surface area (Å²) < 4.78 is 24.5. The lowest BCUT2D eigenvalue weighted by Crippen LogP contribution is -2.33. The van der Waals surface area contributed by atoms with E-state index in [-0.39, 0.29) is 11.7 Å². The average Bonchev–Trinajstić information content (AvgIpc) is 2.85. The van der Waals surface area contributed by atoms with Crippen LogP contribution in [0.1, 0.15) is 36.2 Å². The summed E-state index contributed by atoms with van der Waals surface area (Å²) in [7, 11) is 0. The Morgan fingerprint density at radius 1 is 1.40 bits per heavy atom. The molecule has 0 unspecified atom stereocenters. The number of nitrogens with one attached hydrogen (secondary N) is 1. The fraction of sp³-hybridized carbons (Fsp3) is 0.533. The van der Waals surface area contributed by atoms with Crippen LogP contribution in [0.3, 0.4) is 0 Å². The first-order valence-corrected chi connectivity index (χ1v) is 6.88. The molecule has 1 heterocycles. The highest BCUT2D eigenvalue weighted by Gasteiger charge is 2.30. The van der Waals surface area contributed by atoms with E-state index in [9.17, 15) is 9.18 Å². The molecule has 0 bridgehead atoms. The second-order valence-electron chi connectivity index (χ2n) is 5.00. The molecule has 1 aromatic carbocycles. The molecule has 0 saturated carbocycles. The van der Waals surface area contributed by atoms with Crippen LogP contribution in [0.5, 0.6) is 0 Å². The van der Waals surface area contributed by atoms with Gasteiger partial charge in [0.1, 0.15) is 5.82 Å². The van der Waals surface area contributed by atoms with Crippen LogP contribution in [0.4, 0.5) is 4.39 Å². The summed E-state index contributed by atoms with van der Waals surface area (Å²) in [5.41, 5.74) is 0.944. The Balaban J connectivity index is 1.87. The molecule has 0 aliphatic carbocycles. The van der Waals surface area contributed by atoms with E-state index < -0.39 is 5.79 Å². The van der Waals surface area contributed by atoms with Crippen molar-refractivity contribution in [1.29, 1.82) is 0 Å². The van der Waals surface area contributed by atoms with Gasteiger partial charge in [-0.1, -0.05) is 13.0 Å². The van der Waals surface area contributed by atoms with Crippen LogP contribution in [-0.4, -0.2) is 31.5 Å². The zero-order valence-corrected chi connectivity index (χ0v) is 11.9. The van der Waals surface area contributed by atoms with Gasteiger partial charge in [0.2, 0.25) is 0 Å². The molecule has 5 heteroatoms. The van der Waals surface area contributed by atoms with Crippen molar-refractivity contribution >= 4 is 5.91 Å². The highest BCUT2D eigenvalue weighted by molar-refractivity contribution is 5.94. The molecule has 1 aliphatic heterocycles. The number of hydrogen-bond acceptors (Lipinski definition) is 3. The quantitative estimate of drug-likeness (QED) is 0.900. The van der Waals surface area contributed by atoms with Crippen molar-refractivity contribution in [3.63, 3.8) is 0 Å². The van der Waals surface area contributed by atoms with Gasteiger partial charge in [0, 0.05) is 18.5 Å². The van der Waals surface area contributed by atoms with E-state index in [0.717, 1.165) is 0 Å². The molecule has 20 heavy (non-hydrogen) atoms. The molecule has 2 rings (SSSR count). The largest absolute Gasteiger partial charge is 0.352 e. The Morgan fingerprint density at radius 3 is 2.70 bits per heavy atom. The van der Waals surface area contributed by atoms with Crippen LogP contribution in [0.15, 0.2) is 18.2 Å². The topological polar surface area (TPSA) is 47.6 Å². The molecule has 1 amide bonds. The number of aryl methyl sites for hydroxylation is 1. The first-order chi connectivity index (χ1) is 9.54. The van der Waals surface area contributed by atoms with Gasteiger partial charge >= 0.3 is 0 Å². The number of carbonyl (C=O) groups excluding carboxylic acids is 1. The molecule has 110 valence electrons. The van der Waals surface area contributed by atoms with Crippen LogP contribution >= 0.6 is 0 Å². The second-order valence-corrected chi connectivity index (χ2v) is 5.00. The normalized spacial score (nSPS) is 17.1. The number of amides is 1. The Morgan fingerprint density at radius 2 is 2.10 bits per heavy atom. The molecule has 4 nitrogen and oxygen atoms in total. The standard InChI is InChI=1S/C15H20FNO3/c1-3-11-4-5-12(10-13(11)16)14(18)17-7-6-15(2)19-8-9-20-15/h4-5,10H,3,6-9H2,1-2H3,(H,17,18). The molecular weight excluding hydrogens is 261 g/mol. The SMILES string of the molecule is CCc1ccc(C(=O)NCCC2(C)OCCO2)cc1F. The summed E-state index contributed by atoms with van der Waals surface area (Å²) in [6.45, 7) is 5.30. The van der Waals surface area contributed by atoms with E-state index in [1.807, 2.05) is 13.8 Å². The summed E-state index contributed by atoms with van der Waals surface area (Å²) in [6, 6.07) is 4.56. The molecule has 1 fully saturated rings. The molecule has 1 saturated heterocycles. The summed E-state index contributed by atoms with van der Waals surface area (Å²) >= 11 is 0. The second kappa shape index (κ2) is 6.33. The fourth-order valence-corrected chi connectivity index (χ4v) is 2.18. The van der Waals surface area contributed by atoms with Crippen LogP contribution in [0, 0.1) is 5.82 Å². The summed E-state index contributed by atoms with van der Waals surface area (Å²) in [6.07, 6.45) is 1.18. The van der Waals surface area contributed by atoms with Crippen molar-refractivity contribution < 1.29 is 18.7 Å². The fourth-order valence-electron chi connectivity index (χ4n) is 2.18. The third-order valence-corrected chi connectivity index (χ3v) is 3.46. The third kappa shape index (κ3) is 3.55. The lowest BCUT2D eigenvalue weighted by molar-refractivity contribution is -0.145. The van der Waals surface area contributed by atoms with Crippen molar-refractivity contribution in [3.05, 3.63) is 35.1 Å². The zero-order chi connectivity index (χ0) is 14.6. The van der Waals surface area contributed by atoms with Crippen LogP contribution < -0.4 is 5.32 Å². The lowest BCUT2D eigenvalue weighted by atomic mass is 10.1. The van der Waals surface area contributed by atoms with E-state index in [2.05, 4.69) is 5.32 Å². The maximum Gasteiger partial charge on any atom is 0.251 e. The minimum atomic E-state index is -0.620. The molecule has 1 N–H and O–H groups in total. The van der Waals surface area contributed by atoms with E-state index in [1.165, 1.54) is 6.07 Å². The average molecular weight is 281 g/mol. The summed E-state index contributed by atoms with van der Waals surface area (Å²) in [5, 5.41) is 2.75. The Labute approximate surface area is 118 Å². The first-order valence-electron chi connectivity index (χ1n) is 6.88. The first kappa shape index (κ1) is 14.9. The van der Waals surface area contributed by atoms with Crippen molar-refractivity contribution in [2.45, 2.75) is 32.5 Å². The molecule has 0 spiro atoms. The van der Waals surface area contributed by atoms with Gasteiger partial charge in [0.05, 0.1) is 13.2 Å². The Bertz CT molecular complexity index is 484. The highest BCUT2D eigenvalue weighted by atomic mass is 19.1. The number of carbonyl (C=O) groups is 1. The Kier molecular flexibility index (Phi) is 4.73. The number of benzene rings is 1. The van der Waals surface area contributed by atoms with Crippen molar-refractivity contribution in [2.75, 3.05) is 19.8 Å². The highest BCUT2D eigenvalue weighted by Crippen LogP contribution is 2.21. The number of hydrogen-bond donors (Lipinski definition) is 1. The van der Waals surface area contributed by atoms with Gasteiger partial charge < -0.3 is 14.8 Å². The van der Waals surface area contributed by atoms with E-state index in [0.29, 0.717) is 43.7 Å². The predicted octanol–water partition coefficient (Wildman–Crippen LogP) is 2.27. The molecule has 0 radical (unpaired) electrons. The van der Waals surface area contributed by atoms with Gasteiger partial charge in [0.15, 0.2) is 5.79 Å². The monoisotopic (exact) mass is 281 g/mol. The molecule has 1 aromatic rings. The minimum Gasteiger partial charge on any atom is -0.352 e. The van der Waals surface area contributed by atoms with E-state index in [4.69, 9.17) is 9.47 Å². The van der Waals surface area contributed by atoms with Crippen molar-refractivity contribution in [1.82, 2.24) is 5.32 Å². The van der Waals surface area contributed by atoms with Crippen molar-refractivity contribution in [2.24, 2.45) is 0 Å².